The van der Waals surface area contributed by atoms with Crippen molar-refractivity contribution in [2.75, 3.05) is 23.4 Å². The molecule has 94 valence electrons. The van der Waals surface area contributed by atoms with Crippen molar-refractivity contribution in [2.24, 2.45) is 0 Å². The topological polar surface area (TPSA) is 37.8 Å². The highest BCUT2D eigenvalue weighted by molar-refractivity contribution is 7.99. The zero-order valence-electron chi connectivity index (χ0n) is 9.00. The van der Waals surface area contributed by atoms with Gasteiger partial charge in [0.2, 0.25) is 5.95 Å². The molecule has 0 saturated heterocycles. The Kier molecular flexibility index (Phi) is 5.27. The summed E-state index contributed by atoms with van der Waals surface area (Å²) in [6.45, 7) is 4.08. The van der Waals surface area contributed by atoms with E-state index >= 15 is 0 Å². The van der Waals surface area contributed by atoms with Gasteiger partial charge in [0.1, 0.15) is 5.69 Å². The lowest BCUT2D eigenvalue weighted by Crippen LogP contribution is -2.13. The van der Waals surface area contributed by atoms with E-state index in [-0.39, 0.29) is 5.95 Å². The van der Waals surface area contributed by atoms with E-state index in [1.807, 2.05) is 0 Å². The first-order valence-electron chi connectivity index (χ1n) is 4.87. The second-order valence-electron chi connectivity index (χ2n) is 3.05. The lowest BCUT2D eigenvalue weighted by Gasteiger charge is -2.08. The third kappa shape index (κ3) is 5.08. The van der Waals surface area contributed by atoms with Gasteiger partial charge in [0.05, 0.1) is 0 Å². The van der Waals surface area contributed by atoms with Crippen LogP contribution in [-0.2, 0) is 6.18 Å². The van der Waals surface area contributed by atoms with Gasteiger partial charge in [-0.3, -0.25) is 0 Å². The van der Waals surface area contributed by atoms with E-state index in [9.17, 15) is 13.2 Å². The van der Waals surface area contributed by atoms with E-state index in [0.29, 0.717) is 6.54 Å². The predicted molar refractivity (Wildman–Crippen MR) is 63.0 cm³/mol. The van der Waals surface area contributed by atoms with Crippen molar-refractivity contribution < 1.29 is 13.2 Å². The van der Waals surface area contributed by atoms with Gasteiger partial charge in [-0.1, -0.05) is 6.08 Å². The summed E-state index contributed by atoms with van der Waals surface area (Å²) >= 11 is 1.62. The molecule has 0 amide bonds. The molecule has 0 aliphatic carbocycles. The molecule has 0 radical (unpaired) electrons. The standard InChI is InChI=1S/C10H12F3N3S/c1-2-6-17-7-5-15-9-14-4-3-8(16-9)10(11,12)13/h2-4H,1,5-7H2,(H,14,15,16). The zero-order chi connectivity index (χ0) is 12.7. The van der Waals surface area contributed by atoms with Crippen LogP contribution in [0.2, 0.25) is 0 Å². The molecule has 7 heteroatoms. The predicted octanol–water partition coefficient (Wildman–Crippen LogP) is 2.83. The van der Waals surface area contributed by atoms with Gasteiger partial charge >= 0.3 is 6.18 Å². The monoisotopic (exact) mass is 263 g/mol. The zero-order valence-corrected chi connectivity index (χ0v) is 9.81. The minimum atomic E-state index is -4.43. The van der Waals surface area contributed by atoms with Crippen LogP contribution >= 0.6 is 11.8 Å². The summed E-state index contributed by atoms with van der Waals surface area (Å²) in [5.74, 6) is 1.57. The van der Waals surface area contributed by atoms with Crippen LogP contribution in [0.5, 0.6) is 0 Å². The lowest BCUT2D eigenvalue weighted by molar-refractivity contribution is -0.141. The minimum absolute atomic E-state index is 0.000900. The van der Waals surface area contributed by atoms with Crippen molar-refractivity contribution in [3.05, 3.63) is 30.6 Å². The Bertz CT molecular complexity index is 368. The molecule has 0 atom stereocenters. The second kappa shape index (κ2) is 6.48. The molecule has 0 saturated carbocycles. The number of aromatic nitrogens is 2. The number of nitrogens with one attached hydrogen (secondary N) is 1. The number of thioether (sulfide) groups is 1. The Morgan fingerprint density at radius 2 is 2.24 bits per heavy atom. The van der Waals surface area contributed by atoms with Crippen LogP contribution < -0.4 is 5.32 Å². The summed E-state index contributed by atoms with van der Waals surface area (Å²) in [5, 5.41) is 2.74. The molecule has 0 aromatic carbocycles. The van der Waals surface area contributed by atoms with Gasteiger partial charge in [-0.05, 0) is 6.07 Å². The highest BCUT2D eigenvalue weighted by atomic mass is 32.2. The quantitative estimate of drug-likeness (QED) is 0.632. The molecule has 1 rings (SSSR count). The van der Waals surface area contributed by atoms with Crippen molar-refractivity contribution in [3.8, 4) is 0 Å². The first kappa shape index (κ1) is 13.8. The van der Waals surface area contributed by atoms with Gasteiger partial charge in [-0.2, -0.15) is 24.9 Å². The SMILES string of the molecule is C=CCSCCNc1nccc(C(F)(F)F)n1. The van der Waals surface area contributed by atoms with Gasteiger partial charge in [-0.15, -0.1) is 6.58 Å². The molecule has 1 N–H and O–H groups in total. The number of hydrogen-bond donors (Lipinski definition) is 1. The van der Waals surface area contributed by atoms with Crippen LogP contribution in [0.1, 0.15) is 5.69 Å². The van der Waals surface area contributed by atoms with Gasteiger partial charge in [-0.25, -0.2) is 9.97 Å². The fourth-order valence-corrected chi connectivity index (χ4v) is 1.58. The number of rotatable bonds is 6. The number of hydrogen-bond acceptors (Lipinski definition) is 4. The highest BCUT2D eigenvalue weighted by Gasteiger charge is 2.32. The first-order chi connectivity index (χ1) is 8.04. The number of anilines is 1. The van der Waals surface area contributed by atoms with Crippen molar-refractivity contribution in [1.29, 1.82) is 0 Å². The second-order valence-corrected chi connectivity index (χ2v) is 4.20. The Balaban J connectivity index is 2.46. The third-order valence-corrected chi connectivity index (χ3v) is 2.68. The number of halogens is 3. The Hall–Kier alpha value is -1.24. The number of alkyl halides is 3. The number of nitrogens with zero attached hydrogens (tertiary/aromatic N) is 2. The molecule has 0 spiro atoms. The molecule has 1 aromatic heterocycles. The Morgan fingerprint density at radius 3 is 2.88 bits per heavy atom. The molecular formula is C10H12F3N3S. The Morgan fingerprint density at radius 1 is 1.47 bits per heavy atom. The maximum Gasteiger partial charge on any atom is 0.433 e. The minimum Gasteiger partial charge on any atom is -0.353 e. The maximum absolute atomic E-state index is 12.3. The van der Waals surface area contributed by atoms with Gasteiger partial charge < -0.3 is 5.32 Å². The average Bonchev–Trinajstić information content (AvgIpc) is 2.28. The molecule has 3 nitrogen and oxygen atoms in total. The smallest absolute Gasteiger partial charge is 0.353 e. The average molecular weight is 263 g/mol. The fourth-order valence-electron chi connectivity index (χ4n) is 1.00. The largest absolute Gasteiger partial charge is 0.433 e. The molecule has 0 fully saturated rings. The lowest BCUT2D eigenvalue weighted by atomic mass is 10.4. The summed E-state index contributed by atoms with van der Waals surface area (Å²) in [7, 11) is 0. The van der Waals surface area contributed by atoms with Gasteiger partial charge in [0.25, 0.3) is 0 Å². The van der Waals surface area contributed by atoms with Crippen molar-refractivity contribution in [3.63, 3.8) is 0 Å². The van der Waals surface area contributed by atoms with Crippen LogP contribution in [0.4, 0.5) is 19.1 Å². The van der Waals surface area contributed by atoms with Crippen LogP contribution in [0.3, 0.4) is 0 Å². The van der Waals surface area contributed by atoms with Gasteiger partial charge in [0, 0.05) is 24.2 Å². The first-order valence-corrected chi connectivity index (χ1v) is 6.02. The highest BCUT2D eigenvalue weighted by Crippen LogP contribution is 2.27. The molecular weight excluding hydrogens is 251 g/mol. The van der Waals surface area contributed by atoms with E-state index in [4.69, 9.17) is 0 Å². The summed E-state index contributed by atoms with van der Waals surface area (Å²) in [6.07, 6.45) is -1.57. The van der Waals surface area contributed by atoms with Crippen molar-refractivity contribution in [1.82, 2.24) is 9.97 Å². The maximum atomic E-state index is 12.3. The fraction of sp³-hybridized carbons (Fsp3) is 0.400. The van der Waals surface area contributed by atoms with Crippen LogP contribution in [0.15, 0.2) is 24.9 Å². The summed E-state index contributed by atoms with van der Waals surface area (Å²) in [4.78, 5) is 7.10. The van der Waals surface area contributed by atoms with E-state index in [0.717, 1.165) is 23.8 Å². The van der Waals surface area contributed by atoms with E-state index < -0.39 is 11.9 Å². The summed E-state index contributed by atoms with van der Waals surface area (Å²) in [6, 6.07) is 0.845. The van der Waals surface area contributed by atoms with E-state index in [1.165, 1.54) is 0 Å². The summed E-state index contributed by atoms with van der Waals surface area (Å²) in [5.41, 5.74) is -0.936. The van der Waals surface area contributed by atoms with Crippen molar-refractivity contribution in [2.45, 2.75) is 6.18 Å². The van der Waals surface area contributed by atoms with Crippen LogP contribution in [0, 0.1) is 0 Å². The molecule has 0 aliphatic heterocycles. The molecule has 17 heavy (non-hydrogen) atoms. The molecule has 0 unspecified atom stereocenters. The molecule has 1 heterocycles. The van der Waals surface area contributed by atoms with E-state index in [2.05, 4.69) is 21.9 Å². The van der Waals surface area contributed by atoms with E-state index in [1.54, 1.807) is 17.8 Å². The van der Waals surface area contributed by atoms with Crippen LogP contribution in [0.25, 0.3) is 0 Å². The van der Waals surface area contributed by atoms with Gasteiger partial charge in [0.15, 0.2) is 0 Å². The molecule has 0 bridgehead atoms. The van der Waals surface area contributed by atoms with Crippen molar-refractivity contribution >= 4 is 17.7 Å². The normalized spacial score (nSPS) is 11.2. The Labute approximate surface area is 102 Å². The molecule has 0 aliphatic rings. The molecule has 1 aromatic rings. The third-order valence-electron chi connectivity index (χ3n) is 1.71. The summed E-state index contributed by atoms with van der Waals surface area (Å²) < 4.78 is 37.0. The van der Waals surface area contributed by atoms with Crippen LogP contribution in [-0.4, -0.2) is 28.0 Å².